The molecule has 1 saturated carbocycles. The summed E-state index contributed by atoms with van der Waals surface area (Å²) in [6.07, 6.45) is 3.10. The van der Waals surface area contributed by atoms with Gasteiger partial charge >= 0.3 is 5.97 Å². The Hall–Kier alpha value is -1.84. The molecular weight excluding hydrogens is 266 g/mol. The lowest BCUT2D eigenvalue weighted by Gasteiger charge is -2.28. The minimum absolute atomic E-state index is 0.103. The molecular formula is C17H23NO3. The highest BCUT2D eigenvalue weighted by Gasteiger charge is 2.36. The number of hydrogen-bond donors (Lipinski definition) is 2. The van der Waals surface area contributed by atoms with Crippen molar-refractivity contribution < 1.29 is 14.7 Å². The molecule has 0 aromatic heterocycles. The Kier molecular flexibility index (Phi) is 4.99. The van der Waals surface area contributed by atoms with Crippen LogP contribution in [0.1, 0.15) is 49.8 Å². The molecule has 1 aliphatic carbocycles. The number of carboxylic acids is 1. The van der Waals surface area contributed by atoms with E-state index in [4.69, 9.17) is 0 Å². The van der Waals surface area contributed by atoms with Crippen LogP contribution in [0.3, 0.4) is 0 Å². The highest BCUT2D eigenvalue weighted by atomic mass is 16.4. The van der Waals surface area contributed by atoms with Gasteiger partial charge in [-0.2, -0.15) is 0 Å². The average molecular weight is 289 g/mol. The van der Waals surface area contributed by atoms with Gasteiger partial charge in [-0.3, -0.25) is 9.59 Å². The van der Waals surface area contributed by atoms with Crippen molar-refractivity contribution in [2.45, 2.75) is 45.6 Å². The van der Waals surface area contributed by atoms with Crippen molar-refractivity contribution in [1.29, 1.82) is 0 Å². The van der Waals surface area contributed by atoms with E-state index in [1.165, 1.54) is 0 Å². The Bertz CT molecular complexity index is 527. The zero-order chi connectivity index (χ0) is 15.4. The largest absolute Gasteiger partial charge is 0.481 e. The number of carbonyl (C=O) groups is 2. The highest BCUT2D eigenvalue weighted by molar-refractivity contribution is 5.85. The lowest BCUT2D eigenvalue weighted by molar-refractivity contribution is -0.149. The van der Waals surface area contributed by atoms with Gasteiger partial charge in [0.05, 0.1) is 17.9 Å². The van der Waals surface area contributed by atoms with Crippen LogP contribution in [0.4, 0.5) is 0 Å². The fourth-order valence-electron chi connectivity index (χ4n) is 3.08. The van der Waals surface area contributed by atoms with E-state index in [2.05, 4.69) is 5.32 Å². The normalized spacial score (nSPS) is 23.3. The number of hydrogen-bond acceptors (Lipinski definition) is 2. The molecule has 0 saturated heterocycles. The molecule has 4 heteroatoms. The molecule has 2 rings (SSSR count). The number of aliphatic carboxylic acids is 1. The van der Waals surface area contributed by atoms with Crippen molar-refractivity contribution in [3.63, 3.8) is 0 Å². The summed E-state index contributed by atoms with van der Waals surface area (Å²) in [5, 5.41) is 12.2. The lowest BCUT2D eigenvalue weighted by atomic mass is 9.78. The van der Waals surface area contributed by atoms with Crippen LogP contribution in [0, 0.1) is 18.8 Å². The summed E-state index contributed by atoms with van der Waals surface area (Å²) in [5.41, 5.74) is 2.20. The molecule has 0 heterocycles. The summed E-state index contributed by atoms with van der Waals surface area (Å²) >= 11 is 0. The van der Waals surface area contributed by atoms with Gasteiger partial charge < -0.3 is 10.4 Å². The predicted octanol–water partition coefficient (Wildman–Crippen LogP) is 3.06. The molecule has 114 valence electrons. The molecule has 1 aromatic carbocycles. The van der Waals surface area contributed by atoms with E-state index in [0.717, 1.165) is 24.0 Å². The van der Waals surface area contributed by atoms with Crippen LogP contribution >= 0.6 is 0 Å². The minimum atomic E-state index is -0.849. The molecule has 0 unspecified atom stereocenters. The summed E-state index contributed by atoms with van der Waals surface area (Å²) in [6, 6.07) is 7.90. The third-order valence-corrected chi connectivity index (χ3v) is 4.32. The van der Waals surface area contributed by atoms with E-state index in [9.17, 15) is 14.7 Å². The van der Waals surface area contributed by atoms with Crippen LogP contribution in [-0.4, -0.2) is 17.0 Å². The van der Waals surface area contributed by atoms with Crippen molar-refractivity contribution in [1.82, 2.24) is 5.32 Å². The molecule has 0 aliphatic heterocycles. The van der Waals surface area contributed by atoms with E-state index >= 15 is 0 Å². The molecule has 21 heavy (non-hydrogen) atoms. The fourth-order valence-corrected chi connectivity index (χ4v) is 3.08. The summed E-state index contributed by atoms with van der Waals surface area (Å²) in [7, 11) is 0. The lowest BCUT2D eigenvalue weighted by Crippen LogP contribution is -2.40. The molecule has 3 atom stereocenters. The first kappa shape index (κ1) is 15.5. The van der Waals surface area contributed by atoms with Gasteiger partial charge in [0.15, 0.2) is 0 Å². The van der Waals surface area contributed by atoms with Crippen molar-refractivity contribution in [2.75, 3.05) is 0 Å². The first-order valence-electron chi connectivity index (χ1n) is 7.59. The summed E-state index contributed by atoms with van der Waals surface area (Å²) in [4.78, 5) is 23.7. The quantitative estimate of drug-likeness (QED) is 0.895. The number of nitrogens with one attached hydrogen (secondary N) is 1. The Labute approximate surface area is 125 Å². The van der Waals surface area contributed by atoms with Crippen LogP contribution < -0.4 is 5.32 Å². The number of amides is 1. The van der Waals surface area contributed by atoms with Crippen LogP contribution in [0.15, 0.2) is 24.3 Å². The molecule has 1 aliphatic rings. The Morgan fingerprint density at radius 2 is 1.90 bits per heavy atom. The van der Waals surface area contributed by atoms with Gasteiger partial charge in [0, 0.05) is 0 Å². The minimum Gasteiger partial charge on any atom is -0.481 e. The van der Waals surface area contributed by atoms with E-state index in [-0.39, 0.29) is 11.9 Å². The number of carbonyl (C=O) groups excluding carboxylic acids is 1. The number of carboxylic acid groups (broad SMARTS) is 1. The molecule has 0 radical (unpaired) electrons. The van der Waals surface area contributed by atoms with E-state index in [0.29, 0.717) is 12.8 Å². The first-order chi connectivity index (χ1) is 9.99. The second kappa shape index (κ2) is 6.74. The van der Waals surface area contributed by atoms with Crippen molar-refractivity contribution in [3.05, 3.63) is 35.4 Å². The molecule has 1 fully saturated rings. The summed E-state index contributed by atoms with van der Waals surface area (Å²) in [5.74, 6) is -1.92. The average Bonchev–Trinajstić information content (AvgIpc) is 2.47. The topological polar surface area (TPSA) is 66.4 Å². The summed E-state index contributed by atoms with van der Waals surface area (Å²) in [6.45, 7) is 3.95. The molecule has 4 nitrogen and oxygen atoms in total. The van der Waals surface area contributed by atoms with Gasteiger partial charge in [0.2, 0.25) is 5.91 Å². The van der Waals surface area contributed by atoms with Gasteiger partial charge in [-0.15, -0.1) is 0 Å². The number of benzene rings is 1. The molecule has 1 aromatic rings. The van der Waals surface area contributed by atoms with Crippen LogP contribution in [0.5, 0.6) is 0 Å². The van der Waals surface area contributed by atoms with Gasteiger partial charge in [-0.25, -0.2) is 0 Å². The maximum atomic E-state index is 12.4. The predicted molar refractivity (Wildman–Crippen MR) is 80.8 cm³/mol. The van der Waals surface area contributed by atoms with Gasteiger partial charge in [0.25, 0.3) is 0 Å². The summed E-state index contributed by atoms with van der Waals surface area (Å²) < 4.78 is 0. The SMILES string of the molecule is Cc1cccc([C@@H](C)NC(=O)[C@@H]2CCCC[C@@H]2C(=O)O)c1. The number of aryl methyl sites for hydroxylation is 1. The maximum absolute atomic E-state index is 12.4. The second-order valence-corrected chi connectivity index (χ2v) is 5.98. The smallest absolute Gasteiger partial charge is 0.307 e. The number of rotatable bonds is 4. The second-order valence-electron chi connectivity index (χ2n) is 5.98. The Morgan fingerprint density at radius 1 is 1.24 bits per heavy atom. The van der Waals surface area contributed by atoms with Gasteiger partial charge in [-0.1, -0.05) is 42.7 Å². The van der Waals surface area contributed by atoms with Crippen molar-refractivity contribution >= 4 is 11.9 Å². The molecule has 2 N–H and O–H groups in total. The van der Waals surface area contributed by atoms with Gasteiger partial charge in [0.1, 0.15) is 0 Å². The molecule has 0 spiro atoms. The molecule has 0 bridgehead atoms. The fraction of sp³-hybridized carbons (Fsp3) is 0.529. The zero-order valence-electron chi connectivity index (χ0n) is 12.6. The van der Waals surface area contributed by atoms with E-state index in [1.54, 1.807) is 0 Å². The van der Waals surface area contributed by atoms with Crippen LogP contribution in [-0.2, 0) is 9.59 Å². The van der Waals surface area contributed by atoms with Crippen molar-refractivity contribution in [3.8, 4) is 0 Å². The van der Waals surface area contributed by atoms with Crippen molar-refractivity contribution in [2.24, 2.45) is 11.8 Å². The Morgan fingerprint density at radius 3 is 2.52 bits per heavy atom. The maximum Gasteiger partial charge on any atom is 0.307 e. The molecule has 1 amide bonds. The third-order valence-electron chi connectivity index (χ3n) is 4.32. The van der Waals surface area contributed by atoms with Crippen LogP contribution in [0.2, 0.25) is 0 Å². The standard InChI is InChI=1S/C17H23NO3/c1-11-6-5-7-13(10-11)12(2)18-16(19)14-8-3-4-9-15(14)17(20)21/h5-7,10,12,14-15H,3-4,8-9H2,1-2H3,(H,18,19)(H,20,21)/t12-,14-,15+/m1/s1. The highest BCUT2D eigenvalue weighted by Crippen LogP contribution is 2.31. The van der Waals surface area contributed by atoms with Crippen LogP contribution in [0.25, 0.3) is 0 Å². The van der Waals surface area contributed by atoms with Gasteiger partial charge in [-0.05, 0) is 32.3 Å². The monoisotopic (exact) mass is 289 g/mol. The first-order valence-corrected chi connectivity index (χ1v) is 7.59. The zero-order valence-corrected chi connectivity index (χ0v) is 12.6. The third kappa shape index (κ3) is 3.84. The Balaban J connectivity index is 2.04. The van der Waals surface area contributed by atoms with E-state index < -0.39 is 17.8 Å². The van der Waals surface area contributed by atoms with E-state index in [1.807, 2.05) is 38.1 Å².